The molecule has 0 unspecified atom stereocenters. The Kier molecular flexibility index (Phi) is 7.00. The minimum Gasteiger partial charge on any atom is -0.465 e. The average molecular weight is 403 g/mol. The molecule has 0 fully saturated rings. The van der Waals surface area contributed by atoms with Gasteiger partial charge in [0.15, 0.2) is 6.29 Å². The number of benzene rings is 2. The van der Waals surface area contributed by atoms with Crippen LogP contribution in [0.15, 0.2) is 41.8 Å². The SMILES string of the molecule is COC(=O)c1c(N)csc1-c1ccc(C)cc1F.Cc1ccc(C=O)c(F)c1. The minimum atomic E-state index is -0.552. The van der Waals surface area contributed by atoms with Crippen molar-refractivity contribution in [2.75, 3.05) is 12.8 Å². The highest BCUT2D eigenvalue weighted by atomic mass is 32.1. The number of anilines is 1. The van der Waals surface area contributed by atoms with E-state index < -0.39 is 11.8 Å². The molecule has 0 bridgehead atoms. The third-order valence-electron chi connectivity index (χ3n) is 3.86. The van der Waals surface area contributed by atoms with Gasteiger partial charge in [-0.3, -0.25) is 4.79 Å². The van der Waals surface area contributed by atoms with Gasteiger partial charge >= 0.3 is 5.97 Å². The molecule has 0 saturated carbocycles. The van der Waals surface area contributed by atoms with E-state index in [0.717, 1.165) is 11.1 Å². The number of carbonyl (C=O) groups is 2. The Morgan fingerprint density at radius 3 is 2.21 bits per heavy atom. The molecule has 4 nitrogen and oxygen atoms in total. The van der Waals surface area contributed by atoms with Crippen molar-refractivity contribution >= 4 is 29.3 Å². The molecular formula is C21H19F2NO3S. The van der Waals surface area contributed by atoms with Crippen molar-refractivity contribution in [2.45, 2.75) is 13.8 Å². The zero-order chi connectivity index (χ0) is 20.8. The number of hydrogen-bond donors (Lipinski definition) is 1. The summed E-state index contributed by atoms with van der Waals surface area (Å²) in [5.41, 5.74) is 8.38. The van der Waals surface area contributed by atoms with Gasteiger partial charge in [0.1, 0.15) is 17.2 Å². The number of methoxy groups -OCH3 is 1. The van der Waals surface area contributed by atoms with E-state index in [1.165, 1.54) is 36.6 Å². The van der Waals surface area contributed by atoms with Gasteiger partial charge in [-0.1, -0.05) is 18.2 Å². The van der Waals surface area contributed by atoms with Crippen LogP contribution in [0.5, 0.6) is 0 Å². The summed E-state index contributed by atoms with van der Waals surface area (Å²) in [4.78, 5) is 22.2. The zero-order valence-electron chi connectivity index (χ0n) is 15.6. The number of carbonyl (C=O) groups excluding carboxylic acids is 2. The molecular weight excluding hydrogens is 384 g/mol. The van der Waals surface area contributed by atoms with Crippen LogP contribution in [0.3, 0.4) is 0 Å². The highest BCUT2D eigenvalue weighted by molar-refractivity contribution is 7.14. The van der Waals surface area contributed by atoms with Crippen LogP contribution in [0.2, 0.25) is 0 Å². The number of hydrogen-bond acceptors (Lipinski definition) is 5. The Labute approximate surface area is 165 Å². The molecule has 0 spiro atoms. The smallest absolute Gasteiger partial charge is 0.341 e. The monoisotopic (exact) mass is 403 g/mol. The van der Waals surface area contributed by atoms with Crippen LogP contribution < -0.4 is 5.73 Å². The largest absolute Gasteiger partial charge is 0.465 e. The predicted octanol–water partition coefficient (Wildman–Crippen LogP) is 5.18. The standard InChI is InChI=1S/C13H12FNO2S.C8H7FO/c1-7-3-4-8(9(14)5-7)12-11(13(16)17-2)10(15)6-18-12;1-6-2-3-7(5-10)8(9)4-6/h3-6H,15H2,1-2H3;2-5H,1H3. The summed E-state index contributed by atoms with van der Waals surface area (Å²) in [6.07, 6.45) is 0.509. The lowest BCUT2D eigenvalue weighted by molar-refractivity contribution is 0.0603. The fraction of sp³-hybridized carbons (Fsp3) is 0.143. The predicted molar refractivity (Wildman–Crippen MR) is 107 cm³/mol. The van der Waals surface area contributed by atoms with E-state index in [1.54, 1.807) is 37.4 Å². The first-order chi connectivity index (χ1) is 13.3. The van der Waals surface area contributed by atoms with Crippen LogP contribution in [0.1, 0.15) is 31.8 Å². The van der Waals surface area contributed by atoms with Gasteiger partial charge in [-0.25, -0.2) is 13.6 Å². The van der Waals surface area contributed by atoms with E-state index in [-0.39, 0.29) is 16.9 Å². The first-order valence-electron chi connectivity index (χ1n) is 8.21. The third-order valence-corrected chi connectivity index (χ3v) is 4.89. The molecule has 146 valence electrons. The van der Waals surface area contributed by atoms with Gasteiger partial charge in [0.2, 0.25) is 0 Å². The Bertz CT molecular complexity index is 1010. The van der Waals surface area contributed by atoms with Crippen molar-refractivity contribution in [3.63, 3.8) is 0 Å². The third kappa shape index (κ3) is 4.80. The number of thiophene rings is 1. The number of ether oxygens (including phenoxy) is 1. The highest BCUT2D eigenvalue weighted by Gasteiger charge is 2.21. The molecule has 7 heteroatoms. The van der Waals surface area contributed by atoms with Crippen LogP contribution in [-0.2, 0) is 4.74 Å². The van der Waals surface area contributed by atoms with E-state index in [1.807, 2.05) is 0 Å². The quantitative estimate of drug-likeness (QED) is 0.483. The molecule has 1 aromatic heterocycles. The van der Waals surface area contributed by atoms with Crippen molar-refractivity contribution in [1.29, 1.82) is 0 Å². The van der Waals surface area contributed by atoms with E-state index in [2.05, 4.69) is 4.74 Å². The lowest BCUT2D eigenvalue weighted by atomic mass is 10.1. The number of nitrogens with two attached hydrogens (primary N) is 1. The fourth-order valence-electron chi connectivity index (χ4n) is 2.41. The van der Waals surface area contributed by atoms with Gasteiger partial charge in [-0.15, -0.1) is 11.3 Å². The molecule has 2 N–H and O–H groups in total. The summed E-state index contributed by atoms with van der Waals surface area (Å²) in [7, 11) is 1.27. The van der Waals surface area contributed by atoms with Gasteiger partial charge in [0.25, 0.3) is 0 Å². The molecule has 0 aliphatic carbocycles. The topological polar surface area (TPSA) is 69.4 Å². The maximum atomic E-state index is 13.9. The number of nitrogen functional groups attached to an aromatic ring is 1. The molecule has 2 aromatic carbocycles. The minimum absolute atomic E-state index is 0.116. The first-order valence-corrected chi connectivity index (χ1v) is 9.09. The normalized spacial score (nSPS) is 10.0. The molecule has 0 radical (unpaired) electrons. The van der Waals surface area contributed by atoms with Crippen LogP contribution in [0.25, 0.3) is 10.4 Å². The number of rotatable bonds is 3. The summed E-state index contributed by atoms with van der Waals surface area (Å²) in [5.74, 6) is -1.37. The molecule has 0 amide bonds. The number of aryl methyl sites for hydroxylation is 2. The summed E-state index contributed by atoms with van der Waals surface area (Å²) in [6, 6.07) is 9.36. The lowest BCUT2D eigenvalue weighted by Gasteiger charge is -2.05. The average Bonchev–Trinajstić information content (AvgIpc) is 3.03. The summed E-state index contributed by atoms with van der Waals surface area (Å²) in [6.45, 7) is 3.58. The molecule has 3 aromatic rings. The van der Waals surface area contributed by atoms with E-state index in [4.69, 9.17) is 5.73 Å². The van der Waals surface area contributed by atoms with Crippen molar-refractivity contribution in [1.82, 2.24) is 0 Å². The molecule has 3 rings (SSSR count). The molecule has 1 heterocycles. The Morgan fingerprint density at radius 1 is 1.07 bits per heavy atom. The maximum Gasteiger partial charge on any atom is 0.341 e. The number of aldehydes is 1. The molecule has 0 atom stereocenters. The zero-order valence-corrected chi connectivity index (χ0v) is 16.4. The first kappa shape index (κ1) is 21.2. The van der Waals surface area contributed by atoms with Crippen LogP contribution in [-0.4, -0.2) is 19.4 Å². The van der Waals surface area contributed by atoms with E-state index in [0.29, 0.717) is 22.4 Å². The van der Waals surface area contributed by atoms with Crippen LogP contribution in [0.4, 0.5) is 14.5 Å². The maximum absolute atomic E-state index is 13.9. The summed E-state index contributed by atoms with van der Waals surface area (Å²) < 4.78 is 31.2. The van der Waals surface area contributed by atoms with Gasteiger partial charge in [0.05, 0.1) is 23.2 Å². The van der Waals surface area contributed by atoms with Gasteiger partial charge < -0.3 is 10.5 Å². The molecule has 28 heavy (non-hydrogen) atoms. The lowest BCUT2D eigenvalue weighted by Crippen LogP contribution is -2.04. The van der Waals surface area contributed by atoms with Gasteiger partial charge in [-0.05, 0) is 43.2 Å². The van der Waals surface area contributed by atoms with Gasteiger partial charge in [-0.2, -0.15) is 0 Å². The van der Waals surface area contributed by atoms with Crippen LogP contribution in [0, 0.1) is 25.5 Å². The molecule has 0 aliphatic heterocycles. The Morgan fingerprint density at radius 2 is 1.68 bits per heavy atom. The summed E-state index contributed by atoms with van der Waals surface area (Å²) >= 11 is 1.23. The van der Waals surface area contributed by atoms with Gasteiger partial charge in [0, 0.05) is 10.9 Å². The highest BCUT2D eigenvalue weighted by Crippen LogP contribution is 2.36. The van der Waals surface area contributed by atoms with Crippen molar-refractivity contribution in [3.8, 4) is 10.4 Å². The summed E-state index contributed by atoms with van der Waals surface area (Å²) in [5, 5.41) is 1.61. The second kappa shape index (κ2) is 9.23. The van der Waals surface area contributed by atoms with Crippen molar-refractivity contribution in [2.24, 2.45) is 0 Å². The number of halogens is 2. The Hall–Kier alpha value is -3.06. The second-order valence-electron chi connectivity index (χ2n) is 6.01. The van der Waals surface area contributed by atoms with E-state index in [9.17, 15) is 18.4 Å². The Balaban J connectivity index is 0.000000237. The number of esters is 1. The molecule has 0 saturated heterocycles. The van der Waals surface area contributed by atoms with Crippen molar-refractivity contribution < 1.29 is 23.1 Å². The fourth-order valence-corrected chi connectivity index (χ4v) is 3.39. The second-order valence-corrected chi connectivity index (χ2v) is 6.89. The molecule has 0 aliphatic rings. The van der Waals surface area contributed by atoms with Crippen LogP contribution >= 0.6 is 11.3 Å². The van der Waals surface area contributed by atoms with E-state index >= 15 is 0 Å². The van der Waals surface area contributed by atoms with Crippen molar-refractivity contribution in [3.05, 3.63) is 75.7 Å².